The van der Waals surface area contributed by atoms with E-state index in [1.54, 1.807) is 0 Å². The summed E-state index contributed by atoms with van der Waals surface area (Å²) in [5.41, 5.74) is 0. The molecule has 0 aromatic carbocycles. The highest BCUT2D eigenvalue weighted by Crippen LogP contribution is 2.26. The summed E-state index contributed by atoms with van der Waals surface area (Å²) in [7, 11) is 4.43. The summed E-state index contributed by atoms with van der Waals surface area (Å²) in [5.74, 6) is 1.90. The van der Waals surface area contributed by atoms with Crippen LogP contribution in [0.15, 0.2) is 4.99 Å². The van der Waals surface area contributed by atoms with Crippen molar-refractivity contribution in [1.82, 2.24) is 20.4 Å². The second kappa shape index (κ2) is 9.48. The van der Waals surface area contributed by atoms with E-state index in [9.17, 15) is 0 Å². The molecular formula is C18H37N5. The largest absolute Gasteiger partial charge is 0.357 e. The number of likely N-dealkylation sites (N-methyl/N-ethyl adjacent to an activating group) is 2. The summed E-state index contributed by atoms with van der Waals surface area (Å²) < 4.78 is 0. The maximum absolute atomic E-state index is 4.89. The molecule has 0 amide bonds. The quantitative estimate of drug-likeness (QED) is 0.598. The zero-order valence-corrected chi connectivity index (χ0v) is 15.6. The average Bonchev–Trinajstić information content (AvgIpc) is 2.56. The molecule has 3 atom stereocenters. The molecule has 1 saturated heterocycles. The molecule has 2 rings (SSSR count). The predicted molar refractivity (Wildman–Crippen MR) is 99.1 cm³/mol. The molecule has 134 valence electrons. The second-order valence-corrected chi connectivity index (χ2v) is 7.40. The van der Waals surface area contributed by atoms with Gasteiger partial charge in [-0.3, -0.25) is 9.89 Å². The van der Waals surface area contributed by atoms with Gasteiger partial charge in [0.2, 0.25) is 0 Å². The molecule has 5 heteroatoms. The van der Waals surface area contributed by atoms with Gasteiger partial charge in [-0.05, 0) is 39.8 Å². The van der Waals surface area contributed by atoms with Gasteiger partial charge in [0, 0.05) is 38.3 Å². The third-order valence-electron chi connectivity index (χ3n) is 5.49. The number of guanidine groups is 1. The first kappa shape index (κ1) is 18.5. The molecule has 1 aliphatic heterocycles. The third kappa shape index (κ3) is 5.96. The Labute approximate surface area is 142 Å². The molecule has 1 saturated carbocycles. The number of rotatable bonds is 5. The molecule has 0 radical (unpaired) electrons. The molecular weight excluding hydrogens is 286 g/mol. The van der Waals surface area contributed by atoms with Gasteiger partial charge in [-0.15, -0.1) is 0 Å². The van der Waals surface area contributed by atoms with E-state index in [-0.39, 0.29) is 0 Å². The summed E-state index contributed by atoms with van der Waals surface area (Å²) in [4.78, 5) is 9.75. The number of hydrogen-bond acceptors (Lipinski definition) is 3. The van der Waals surface area contributed by atoms with Gasteiger partial charge in [-0.25, -0.2) is 0 Å². The van der Waals surface area contributed by atoms with E-state index in [4.69, 9.17) is 4.99 Å². The van der Waals surface area contributed by atoms with Crippen LogP contribution in [0.2, 0.25) is 0 Å². The maximum atomic E-state index is 4.89. The Balaban J connectivity index is 1.88. The van der Waals surface area contributed by atoms with Crippen LogP contribution in [0.5, 0.6) is 0 Å². The van der Waals surface area contributed by atoms with Crippen molar-refractivity contribution >= 4 is 5.96 Å². The summed E-state index contributed by atoms with van der Waals surface area (Å²) in [6.07, 6.45) is 6.65. The van der Waals surface area contributed by atoms with E-state index < -0.39 is 0 Å². The summed E-state index contributed by atoms with van der Waals surface area (Å²) in [6.45, 7) is 9.68. The fourth-order valence-electron chi connectivity index (χ4n) is 3.80. The predicted octanol–water partition coefficient (Wildman–Crippen LogP) is 1.76. The monoisotopic (exact) mass is 323 g/mol. The third-order valence-corrected chi connectivity index (χ3v) is 5.49. The normalized spacial score (nSPS) is 31.1. The van der Waals surface area contributed by atoms with Crippen LogP contribution < -0.4 is 10.6 Å². The molecule has 0 bridgehead atoms. The fraction of sp³-hybridized carbons (Fsp3) is 0.944. The van der Waals surface area contributed by atoms with Crippen molar-refractivity contribution in [3.05, 3.63) is 0 Å². The smallest absolute Gasteiger partial charge is 0.191 e. The van der Waals surface area contributed by atoms with Crippen molar-refractivity contribution in [2.75, 3.05) is 46.8 Å². The first-order chi connectivity index (χ1) is 11.1. The van der Waals surface area contributed by atoms with Gasteiger partial charge < -0.3 is 15.5 Å². The van der Waals surface area contributed by atoms with Crippen LogP contribution >= 0.6 is 0 Å². The van der Waals surface area contributed by atoms with Gasteiger partial charge in [-0.1, -0.05) is 26.2 Å². The zero-order valence-electron chi connectivity index (χ0n) is 15.6. The van der Waals surface area contributed by atoms with Crippen LogP contribution in [0, 0.1) is 5.92 Å². The number of nitrogens with one attached hydrogen (secondary N) is 2. The Morgan fingerprint density at radius 2 is 2.00 bits per heavy atom. The Morgan fingerprint density at radius 1 is 1.17 bits per heavy atom. The topological polar surface area (TPSA) is 42.9 Å². The summed E-state index contributed by atoms with van der Waals surface area (Å²) in [6, 6.07) is 1.12. The fourth-order valence-corrected chi connectivity index (χ4v) is 3.80. The Morgan fingerprint density at radius 3 is 2.74 bits per heavy atom. The molecule has 0 aromatic rings. The van der Waals surface area contributed by atoms with E-state index in [1.165, 1.54) is 32.1 Å². The number of nitrogens with zero attached hydrogens (tertiary/aromatic N) is 3. The number of aliphatic imine (C=N–C) groups is 1. The van der Waals surface area contributed by atoms with E-state index in [1.807, 2.05) is 0 Å². The highest BCUT2D eigenvalue weighted by molar-refractivity contribution is 5.80. The van der Waals surface area contributed by atoms with Crippen LogP contribution in [0.3, 0.4) is 0 Å². The van der Waals surface area contributed by atoms with Crippen molar-refractivity contribution in [3.8, 4) is 0 Å². The van der Waals surface area contributed by atoms with Crippen LogP contribution in [0.1, 0.15) is 46.0 Å². The lowest BCUT2D eigenvalue weighted by Gasteiger charge is -2.37. The minimum absolute atomic E-state index is 0.527. The van der Waals surface area contributed by atoms with Crippen molar-refractivity contribution in [3.63, 3.8) is 0 Å². The summed E-state index contributed by atoms with van der Waals surface area (Å²) >= 11 is 0. The first-order valence-corrected chi connectivity index (χ1v) is 9.56. The molecule has 0 aromatic heterocycles. The van der Waals surface area contributed by atoms with Crippen LogP contribution in [-0.2, 0) is 0 Å². The Hall–Kier alpha value is -0.810. The average molecular weight is 324 g/mol. The number of hydrogen-bond donors (Lipinski definition) is 2. The van der Waals surface area contributed by atoms with Crippen molar-refractivity contribution < 1.29 is 0 Å². The van der Waals surface area contributed by atoms with Crippen LogP contribution in [0.25, 0.3) is 0 Å². The van der Waals surface area contributed by atoms with Crippen LogP contribution in [0.4, 0.5) is 0 Å². The van der Waals surface area contributed by atoms with Gasteiger partial charge in [0.25, 0.3) is 0 Å². The summed E-state index contributed by atoms with van der Waals surface area (Å²) in [5, 5.41) is 7.13. The van der Waals surface area contributed by atoms with Crippen molar-refractivity contribution in [1.29, 1.82) is 0 Å². The van der Waals surface area contributed by atoms with E-state index in [0.29, 0.717) is 12.1 Å². The Kier molecular flexibility index (Phi) is 7.63. The SMILES string of the molecule is CCNC(=NC[C@@H]1CN(C)CCN1C)N[C@@H]1CCC[C@H](CC)C1. The van der Waals surface area contributed by atoms with Gasteiger partial charge in [0.1, 0.15) is 0 Å². The molecule has 0 spiro atoms. The lowest BCUT2D eigenvalue weighted by Crippen LogP contribution is -2.52. The van der Waals surface area contributed by atoms with E-state index in [0.717, 1.165) is 44.6 Å². The lowest BCUT2D eigenvalue weighted by molar-refractivity contribution is 0.119. The standard InChI is InChI=1S/C18H37N5/c1-5-15-8-7-9-16(12-15)21-18(19-6-2)20-13-17-14-22(3)10-11-23(17)4/h15-17H,5-14H2,1-4H3,(H2,19,20,21)/t15-,16+,17+/m0/s1. The van der Waals surface area contributed by atoms with E-state index in [2.05, 4.69) is 48.4 Å². The molecule has 0 unspecified atom stereocenters. The van der Waals surface area contributed by atoms with Gasteiger partial charge >= 0.3 is 0 Å². The number of piperazine rings is 1. The van der Waals surface area contributed by atoms with Gasteiger partial charge in [0.05, 0.1) is 6.54 Å². The molecule has 2 fully saturated rings. The van der Waals surface area contributed by atoms with Gasteiger partial charge in [-0.2, -0.15) is 0 Å². The zero-order chi connectivity index (χ0) is 16.7. The highest BCUT2D eigenvalue weighted by Gasteiger charge is 2.23. The molecule has 1 heterocycles. The lowest BCUT2D eigenvalue weighted by atomic mass is 9.84. The van der Waals surface area contributed by atoms with E-state index >= 15 is 0 Å². The molecule has 1 aliphatic carbocycles. The molecule has 2 aliphatic rings. The second-order valence-electron chi connectivity index (χ2n) is 7.40. The maximum Gasteiger partial charge on any atom is 0.191 e. The van der Waals surface area contributed by atoms with Crippen molar-refractivity contribution in [2.45, 2.75) is 58.0 Å². The van der Waals surface area contributed by atoms with Crippen molar-refractivity contribution in [2.24, 2.45) is 10.9 Å². The molecule has 23 heavy (non-hydrogen) atoms. The molecule has 2 N–H and O–H groups in total. The highest BCUT2D eigenvalue weighted by atomic mass is 15.3. The molecule has 5 nitrogen and oxygen atoms in total. The van der Waals surface area contributed by atoms with Gasteiger partial charge in [0.15, 0.2) is 5.96 Å². The van der Waals surface area contributed by atoms with Crippen LogP contribution in [-0.4, -0.2) is 74.7 Å². The minimum Gasteiger partial charge on any atom is -0.357 e. The minimum atomic E-state index is 0.527. The Bertz CT molecular complexity index is 370. The first-order valence-electron chi connectivity index (χ1n) is 9.56.